The molecule has 1 aliphatic rings. The molecule has 2 unspecified atom stereocenters. The van der Waals surface area contributed by atoms with Crippen LogP contribution in [0.1, 0.15) is 15.9 Å². The molecule has 9 heteroatoms. The molecule has 0 radical (unpaired) electrons. The van der Waals surface area contributed by atoms with Crippen LogP contribution in [-0.2, 0) is 11.3 Å². The Bertz CT molecular complexity index is 904. The third kappa shape index (κ3) is 5.19. The lowest BCUT2D eigenvalue weighted by Gasteiger charge is -2.28. The first kappa shape index (κ1) is 21.4. The fraction of sp³-hybridized carbons (Fsp3) is 0.250. The number of allylic oxidation sites excluding steroid dienone is 1. The lowest BCUT2D eigenvalue weighted by atomic mass is 10.1. The van der Waals surface area contributed by atoms with Crippen LogP contribution in [0.2, 0.25) is 10.3 Å². The minimum atomic E-state index is -1.48. The van der Waals surface area contributed by atoms with Gasteiger partial charge in [0.2, 0.25) is 0 Å². The Kier molecular flexibility index (Phi) is 7.33. The molecule has 0 bridgehead atoms. The molecule has 1 amide bonds. The molecule has 6 nitrogen and oxygen atoms in total. The fourth-order valence-corrected chi connectivity index (χ4v) is 3.29. The molecule has 2 aromatic rings. The molecule has 0 aliphatic heterocycles. The van der Waals surface area contributed by atoms with E-state index in [9.17, 15) is 14.3 Å². The molecule has 3 rings (SSSR count). The van der Waals surface area contributed by atoms with Crippen molar-refractivity contribution in [3.8, 4) is 0 Å². The number of amides is 1. The zero-order valence-corrected chi connectivity index (χ0v) is 16.7. The van der Waals surface area contributed by atoms with Gasteiger partial charge in [0.1, 0.15) is 28.3 Å². The van der Waals surface area contributed by atoms with Crippen LogP contribution in [0.4, 0.5) is 4.39 Å². The quantitative estimate of drug-likeness (QED) is 0.669. The van der Waals surface area contributed by atoms with Gasteiger partial charge in [0.25, 0.3) is 5.91 Å². The predicted octanol–water partition coefficient (Wildman–Crippen LogP) is 3.60. The fourth-order valence-electron chi connectivity index (χ4n) is 2.81. The molecule has 1 aromatic carbocycles. The Labute approximate surface area is 177 Å². The summed E-state index contributed by atoms with van der Waals surface area (Å²) in [5, 5.41) is 9.12. The third-order valence-corrected chi connectivity index (χ3v) is 4.81. The van der Waals surface area contributed by atoms with Gasteiger partial charge in [0.05, 0.1) is 13.2 Å². The van der Waals surface area contributed by atoms with E-state index in [-0.39, 0.29) is 41.3 Å². The zero-order chi connectivity index (χ0) is 20.8. The number of hydrogen-bond acceptors (Lipinski definition) is 5. The van der Waals surface area contributed by atoms with Crippen LogP contribution in [0.5, 0.6) is 0 Å². The van der Waals surface area contributed by atoms with E-state index < -0.39 is 18.2 Å². The summed E-state index contributed by atoms with van der Waals surface area (Å²) in [4.78, 5) is 21.6. The van der Waals surface area contributed by atoms with Gasteiger partial charge in [0.15, 0.2) is 6.17 Å². The molecule has 1 N–H and O–H groups in total. The number of aliphatic hydroxyl groups excluding tert-OH is 1. The number of aliphatic hydroxyl groups is 1. The largest absolute Gasteiger partial charge is 0.395 e. The Morgan fingerprint density at radius 3 is 2.52 bits per heavy atom. The number of halogens is 3. The number of alkyl halides is 1. The highest BCUT2D eigenvalue weighted by Gasteiger charge is 2.28. The van der Waals surface area contributed by atoms with Crippen molar-refractivity contribution in [2.24, 2.45) is 0 Å². The third-order valence-electron chi connectivity index (χ3n) is 4.23. The second-order valence-electron chi connectivity index (χ2n) is 6.17. The van der Waals surface area contributed by atoms with Crippen LogP contribution in [-0.4, -0.2) is 51.3 Å². The maximum absolute atomic E-state index is 14.7. The first-order valence-electron chi connectivity index (χ1n) is 8.79. The predicted molar refractivity (Wildman–Crippen MR) is 107 cm³/mol. The second kappa shape index (κ2) is 9.93. The van der Waals surface area contributed by atoms with E-state index in [1.54, 1.807) is 6.08 Å². The molecule has 0 saturated heterocycles. The first-order chi connectivity index (χ1) is 14.0. The topological polar surface area (TPSA) is 75.6 Å². The van der Waals surface area contributed by atoms with Gasteiger partial charge in [-0.3, -0.25) is 4.79 Å². The molecule has 0 saturated carbocycles. The monoisotopic (exact) mass is 437 g/mol. The number of hydrogen-bond donors (Lipinski definition) is 1. The number of aromatic nitrogens is 2. The van der Waals surface area contributed by atoms with Gasteiger partial charge in [-0.15, -0.1) is 0 Å². The highest BCUT2D eigenvalue weighted by Crippen LogP contribution is 2.26. The molecular weight excluding hydrogens is 420 g/mol. The van der Waals surface area contributed by atoms with E-state index in [0.29, 0.717) is 0 Å². The van der Waals surface area contributed by atoms with E-state index in [2.05, 4.69) is 9.97 Å². The Hall–Kier alpha value is -2.32. The average Bonchev–Trinajstić information content (AvgIpc) is 2.71. The first-order valence-corrected chi connectivity index (χ1v) is 9.55. The van der Waals surface area contributed by atoms with Crippen LogP contribution in [0, 0.1) is 0 Å². The highest BCUT2D eigenvalue weighted by atomic mass is 35.5. The van der Waals surface area contributed by atoms with E-state index >= 15 is 0 Å². The summed E-state index contributed by atoms with van der Waals surface area (Å²) in [6.45, 7) is -0.172. The molecular formula is C20H18Cl2FN3O3. The van der Waals surface area contributed by atoms with Gasteiger partial charge in [-0.2, -0.15) is 0 Å². The van der Waals surface area contributed by atoms with Crippen LogP contribution in [0.25, 0.3) is 0 Å². The van der Waals surface area contributed by atoms with Gasteiger partial charge >= 0.3 is 0 Å². The lowest BCUT2D eigenvalue weighted by molar-refractivity contribution is 0.0306. The van der Waals surface area contributed by atoms with Crippen LogP contribution in [0.3, 0.4) is 0 Å². The highest BCUT2D eigenvalue weighted by molar-refractivity contribution is 6.38. The van der Waals surface area contributed by atoms with Gasteiger partial charge in [-0.25, -0.2) is 14.4 Å². The number of ether oxygens (including phenoxy) is 1. The Morgan fingerprint density at radius 1 is 1.21 bits per heavy atom. The van der Waals surface area contributed by atoms with Crippen LogP contribution >= 0.6 is 23.2 Å². The van der Waals surface area contributed by atoms with Crippen molar-refractivity contribution in [1.82, 2.24) is 14.9 Å². The van der Waals surface area contributed by atoms with E-state index in [1.807, 2.05) is 30.3 Å². The lowest BCUT2D eigenvalue weighted by Crippen LogP contribution is -2.36. The molecule has 0 fully saturated rings. The molecule has 1 aromatic heterocycles. The summed E-state index contributed by atoms with van der Waals surface area (Å²) in [7, 11) is 0. The summed E-state index contributed by atoms with van der Waals surface area (Å²) in [5.74, 6) is -0.638. The van der Waals surface area contributed by atoms with Gasteiger partial charge in [-0.05, 0) is 17.7 Å². The number of nitrogens with zero attached hydrogens (tertiary/aromatic N) is 3. The van der Waals surface area contributed by atoms with Crippen LogP contribution in [0.15, 0.2) is 60.6 Å². The number of rotatable bonds is 7. The molecule has 29 heavy (non-hydrogen) atoms. The van der Waals surface area contributed by atoms with E-state index in [4.69, 9.17) is 27.9 Å². The summed E-state index contributed by atoms with van der Waals surface area (Å²) in [5.41, 5.74) is 1.07. The Balaban J connectivity index is 1.75. The van der Waals surface area contributed by atoms with Crippen molar-refractivity contribution in [3.05, 3.63) is 82.0 Å². The smallest absolute Gasteiger partial charge is 0.264 e. The average molecular weight is 438 g/mol. The minimum absolute atomic E-state index is 0.0845. The van der Waals surface area contributed by atoms with Crippen molar-refractivity contribution in [2.75, 3.05) is 13.2 Å². The van der Waals surface area contributed by atoms with Crippen molar-refractivity contribution in [2.45, 2.75) is 18.9 Å². The maximum Gasteiger partial charge on any atom is 0.264 e. The van der Waals surface area contributed by atoms with Crippen LogP contribution < -0.4 is 0 Å². The molecule has 1 aliphatic carbocycles. The number of carbonyl (C=O) groups is 1. The van der Waals surface area contributed by atoms with Crippen molar-refractivity contribution in [1.29, 1.82) is 0 Å². The molecule has 152 valence electrons. The molecule has 0 spiro atoms. The normalized spacial score (nSPS) is 18.4. The summed E-state index contributed by atoms with van der Waals surface area (Å²) in [6.07, 6.45) is 3.21. The number of carbonyl (C=O) groups excluding carboxylic acids is 1. The summed E-state index contributed by atoms with van der Waals surface area (Å²) in [6, 6.07) is 9.42. The van der Waals surface area contributed by atoms with Crippen molar-refractivity contribution < 1.29 is 19.0 Å². The standard InChI is InChI=1S/C20H18Cl2FN3O3/c21-18-17(19(22)25-12-24-18)20(28)26(8-9-27)14-6-7-16(15(23)10-14)29-11-13-4-2-1-3-5-13/h1-7,10,12,15-16,27H,8-9,11H2. The van der Waals surface area contributed by atoms with Gasteiger partial charge in [0, 0.05) is 12.2 Å². The van der Waals surface area contributed by atoms with E-state index in [0.717, 1.165) is 11.9 Å². The Morgan fingerprint density at radius 2 is 1.90 bits per heavy atom. The maximum atomic E-state index is 14.7. The van der Waals surface area contributed by atoms with Crippen molar-refractivity contribution >= 4 is 29.1 Å². The van der Waals surface area contributed by atoms with E-state index in [1.165, 1.54) is 17.1 Å². The molecule has 2 atom stereocenters. The second-order valence-corrected chi connectivity index (χ2v) is 6.88. The molecule has 1 heterocycles. The number of benzene rings is 1. The minimum Gasteiger partial charge on any atom is -0.395 e. The summed E-state index contributed by atoms with van der Waals surface area (Å²) < 4.78 is 20.3. The zero-order valence-electron chi connectivity index (χ0n) is 15.2. The SMILES string of the molecule is O=C(c1c(Cl)ncnc1Cl)N(CCO)C1=CC(F)C(OCc2ccccc2)C=C1. The summed E-state index contributed by atoms with van der Waals surface area (Å²) >= 11 is 12.0. The van der Waals surface area contributed by atoms with Crippen molar-refractivity contribution in [3.63, 3.8) is 0 Å². The van der Waals surface area contributed by atoms with Gasteiger partial charge < -0.3 is 14.7 Å². The van der Waals surface area contributed by atoms with Gasteiger partial charge in [-0.1, -0.05) is 59.6 Å².